The van der Waals surface area contributed by atoms with Gasteiger partial charge in [0.1, 0.15) is 16.3 Å². The first-order valence-corrected chi connectivity index (χ1v) is 17.0. The first-order chi connectivity index (χ1) is 23.2. The molecule has 0 saturated carbocycles. The van der Waals surface area contributed by atoms with Gasteiger partial charge in [0, 0.05) is 22.1 Å². The fourth-order valence-corrected chi connectivity index (χ4v) is 6.56. The smallest absolute Gasteiger partial charge is 0.296 e. The maximum atomic E-state index is 12.2. The zero-order valence-corrected chi connectivity index (χ0v) is 27.5. The maximum absolute atomic E-state index is 12.2. The fraction of sp³-hybridized carbons (Fsp3) is 0.0588. The number of benzene rings is 6. The van der Waals surface area contributed by atoms with E-state index in [1.54, 1.807) is 37.3 Å². The van der Waals surface area contributed by atoms with Gasteiger partial charge in [-0.1, -0.05) is 30.3 Å². The van der Waals surface area contributed by atoms with Crippen LogP contribution in [-0.4, -0.2) is 31.9 Å². The van der Waals surface area contributed by atoms with Gasteiger partial charge in [0.25, 0.3) is 10.1 Å². The van der Waals surface area contributed by atoms with Gasteiger partial charge in [0.2, 0.25) is 0 Å². The Morgan fingerprint density at radius 2 is 1.22 bits per heavy atom. The van der Waals surface area contributed by atoms with Gasteiger partial charge in [-0.25, -0.2) is 4.21 Å². The Bertz CT molecular complexity index is 2540. The second-order valence-electron chi connectivity index (χ2n) is 11.2. The Hall–Kier alpha value is -5.74. The van der Waals surface area contributed by atoms with E-state index in [1.165, 1.54) is 12.1 Å². The summed E-state index contributed by atoms with van der Waals surface area (Å²) in [6, 6.07) is 23.1. The van der Waals surface area contributed by atoms with Crippen LogP contribution in [0.2, 0.25) is 0 Å². The molecule has 248 valence electrons. The van der Waals surface area contributed by atoms with E-state index >= 15 is 0 Å². The molecule has 0 aliphatic carbocycles. The number of nitrogens with zero attached hydrogens (tertiary/aromatic N) is 4. The molecule has 0 aliphatic rings. The SMILES string of the molecule is Cc1cc(-c2ccc(/N=N/c3c(S(=O)(=O)O)cc4cc(S(=O)O)cc(N)c4c3O)c(C)c2)ccc1/N=N/c1ccc2cccc(N)c2c1O. The third-order valence-electron chi connectivity index (χ3n) is 7.91. The van der Waals surface area contributed by atoms with Gasteiger partial charge in [-0.2, -0.15) is 18.6 Å². The number of nitrogens with two attached hydrogens (primary N) is 2. The van der Waals surface area contributed by atoms with Crippen molar-refractivity contribution < 1.29 is 31.9 Å². The Morgan fingerprint density at radius 1 is 0.653 bits per heavy atom. The topological polar surface area (TPSA) is 234 Å². The second-order valence-corrected chi connectivity index (χ2v) is 13.5. The van der Waals surface area contributed by atoms with Crippen LogP contribution in [0.25, 0.3) is 32.7 Å². The average molecular weight is 697 g/mol. The van der Waals surface area contributed by atoms with E-state index in [9.17, 15) is 31.9 Å². The minimum atomic E-state index is -4.92. The lowest BCUT2D eigenvalue weighted by Crippen LogP contribution is -2.01. The number of hydrogen-bond acceptors (Lipinski definition) is 11. The highest BCUT2D eigenvalue weighted by Gasteiger charge is 2.24. The zero-order chi connectivity index (χ0) is 35.2. The van der Waals surface area contributed by atoms with Crippen LogP contribution in [0.5, 0.6) is 11.5 Å². The molecule has 0 aromatic heterocycles. The van der Waals surface area contributed by atoms with Crippen molar-refractivity contribution in [1.29, 1.82) is 0 Å². The van der Waals surface area contributed by atoms with E-state index in [1.807, 2.05) is 43.3 Å². The van der Waals surface area contributed by atoms with Crippen molar-refractivity contribution in [3.63, 3.8) is 0 Å². The molecule has 0 fully saturated rings. The Balaban J connectivity index is 1.29. The van der Waals surface area contributed by atoms with Crippen LogP contribution in [0.1, 0.15) is 11.1 Å². The summed E-state index contributed by atoms with van der Waals surface area (Å²) >= 11 is -2.43. The molecular weight excluding hydrogens is 669 g/mol. The number of fused-ring (bicyclic) bond motifs is 2. The van der Waals surface area contributed by atoms with Crippen molar-refractivity contribution in [3.05, 3.63) is 96.1 Å². The average Bonchev–Trinajstić information content (AvgIpc) is 3.04. The molecule has 6 rings (SSSR count). The number of aromatic hydroxyl groups is 2. The Morgan fingerprint density at radius 3 is 1.82 bits per heavy atom. The molecule has 49 heavy (non-hydrogen) atoms. The molecule has 1 atom stereocenters. The number of rotatable bonds is 7. The number of anilines is 2. The van der Waals surface area contributed by atoms with Crippen LogP contribution in [0.15, 0.2) is 115 Å². The largest absolute Gasteiger partial charge is 0.505 e. The lowest BCUT2D eigenvalue weighted by molar-refractivity contribution is 0.472. The molecule has 8 N–H and O–H groups in total. The zero-order valence-electron chi connectivity index (χ0n) is 25.9. The third-order valence-corrected chi connectivity index (χ3v) is 9.42. The quantitative estimate of drug-likeness (QED) is 0.0405. The lowest BCUT2D eigenvalue weighted by atomic mass is 10.0. The molecule has 6 aromatic rings. The lowest BCUT2D eigenvalue weighted by Gasteiger charge is -2.12. The molecule has 0 aliphatic heterocycles. The predicted octanol–water partition coefficient (Wildman–Crippen LogP) is 8.51. The summed E-state index contributed by atoms with van der Waals surface area (Å²) in [5.41, 5.74) is 16.3. The van der Waals surface area contributed by atoms with Gasteiger partial charge < -0.3 is 26.2 Å². The van der Waals surface area contributed by atoms with E-state index < -0.39 is 37.5 Å². The number of aryl methyl sites for hydroxylation is 2. The molecule has 0 heterocycles. The van der Waals surface area contributed by atoms with E-state index in [-0.39, 0.29) is 32.8 Å². The minimum absolute atomic E-state index is 0.00168. The number of nitrogen functional groups attached to an aromatic ring is 2. The summed E-state index contributed by atoms with van der Waals surface area (Å²) in [6.45, 7) is 3.65. The van der Waals surface area contributed by atoms with E-state index in [0.29, 0.717) is 28.0 Å². The summed E-state index contributed by atoms with van der Waals surface area (Å²) in [6.07, 6.45) is 0. The molecule has 0 saturated heterocycles. The summed E-state index contributed by atoms with van der Waals surface area (Å²) in [7, 11) is -4.92. The summed E-state index contributed by atoms with van der Waals surface area (Å²) in [5.74, 6) is -0.727. The maximum Gasteiger partial charge on any atom is 0.296 e. The molecule has 15 heteroatoms. The van der Waals surface area contributed by atoms with Crippen LogP contribution in [0.4, 0.5) is 34.1 Å². The van der Waals surface area contributed by atoms with Crippen LogP contribution in [-0.2, 0) is 21.2 Å². The highest BCUT2D eigenvalue weighted by molar-refractivity contribution is 7.86. The molecular formula is C34H28N6O7S2. The van der Waals surface area contributed by atoms with E-state index in [2.05, 4.69) is 20.5 Å². The van der Waals surface area contributed by atoms with Gasteiger partial charge in [-0.05, 0) is 101 Å². The van der Waals surface area contributed by atoms with Crippen LogP contribution in [0.3, 0.4) is 0 Å². The first-order valence-electron chi connectivity index (χ1n) is 14.5. The number of phenols is 2. The molecule has 13 nitrogen and oxygen atoms in total. The summed E-state index contributed by atoms with van der Waals surface area (Å²) < 4.78 is 55.4. The Kier molecular flexibility index (Phi) is 8.60. The number of hydrogen-bond donors (Lipinski definition) is 6. The molecule has 0 amide bonds. The molecule has 6 aromatic carbocycles. The predicted molar refractivity (Wildman–Crippen MR) is 189 cm³/mol. The molecule has 1 unspecified atom stereocenters. The van der Waals surface area contributed by atoms with Crippen LogP contribution >= 0.6 is 0 Å². The summed E-state index contributed by atoms with van der Waals surface area (Å²) in [4.78, 5) is -0.888. The Labute approximate surface area is 282 Å². The van der Waals surface area contributed by atoms with Gasteiger partial charge in [0.15, 0.2) is 22.6 Å². The molecule has 0 radical (unpaired) electrons. The van der Waals surface area contributed by atoms with Crippen molar-refractivity contribution in [2.75, 3.05) is 11.5 Å². The molecule has 0 spiro atoms. The highest BCUT2D eigenvalue weighted by Crippen LogP contribution is 2.45. The van der Waals surface area contributed by atoms with Gasteiger partial charge in [0.05, 0.1) is 16.3 Å². The van der Waals surface area contributed by atoms with Gasteiger partial charge in [-0.3, -0.25) is 4.55 Å². The number of phenolic OH excluding ortho intramolecular Hbond substituents is 2. The van der Waals surface area contributed by atoms with Crippen molar-refractivity contribution in [2.45, 2.75) is 23.6 Å². The van der Waals surface area contributed by atoms with Crippen molar-refractivity contribution in [2.24, 2.45) is 20.5 Å². The van der Waals surface area contributed by atoms with Crippen LogP contribution in [0, 0.1) is 13.8 Å². The van der Waals surface area contributed by atoms with Gasteiger partial charge in [-0.15, -0.1) is 10.2 Å². The third kappa shape index (κ3) is 6.42. The summed E-state index contributed by atoms with van der Waals surface area (Å²) in [5, 5.41) is 39.7. The van der Waals surface area contributed by atoms with Crippen LogP contribution < -0.4 is 11.5 Å². The first kappa shape index (κ1) is 33.2. The standard InChI is InChI=1S/C34H28N6O7S2/c1-17-12-20(7-9-26(17)37-39-28-11-6-19-4-3-5-24(35)30(19)33(28)41)21-8-10-27(18(2)13-21)38-40-32-29(49(45,46)47)15-22-14-23(48(43)44)16-25(36)31(22)34(32)42/h3-16,41-42H,35-36H2,1-2H3,(H,43,44)(H,45,46,47)/b39-37+,40-38+. The van der Waals surface area contributed by atoms with E-state index in [4.69, 9.17) is 11.5 Å². The van der Waals surface area contributed by atoms with Crippen molar-refractivity contribution in [3.8, 4) is 22.6 Å². The second kappa shape index (κ2) is 12.7. The monoisotopic (exact) mass is 696 g/mol. The van der Waals surface area contributed by atoms with Crippen molar-refractivity contribution in [1.82, 2.24) is 0 Å². The fourth-order valence-electron chi connectivity index (χ4n) is 5.45. The van der Waals surface area contributed by atoms with Crippen molar-refractivity contribution >= 4 is 76.9 Å². The highest BCUT2D eigenvalue weighted by atomic mass is 32.2. The number of azo groups is 2. The normalized spacial score (nSPS) is 12.8. The minimum Gasteiger partial charge on any atom is -0.505 e. The van der Waals surface area contributed by atoms with Gasteiger partial charge >= 0.3 is 0 Å². The van der Waals surface area contributed by atoms with E-state index in [0.717, 1.165) is 28.1 Å². The molecule has 0 bridgehead atoms.